The van der Waals surface area contributed by atoms with E-state index in [2.05, 4.69) is 16.1 Å². The van der Waals surface area contributed by atoms with Gasteiger partial charge in [-0.1, -0.05) is 60.7 Å². The van der Waals surface area contributed by atoms with Crippen LogP contribution in [0, 0.1) is 0 Å². The first-order valence-corrected chi connectivity index (χ1v) is 9.68. The Kier molecular flexibility index (Phi) is 6.46. The summed E-state index contributed by atoms with van der Waals surface area (Å²) in [6.45, 7) is 1.29. The number of aryl methyl sites for hydroxylation is 1. The molecule has 3 rings (SSSR count). The Labute approximate surface area is 174 Å². The smallest absolute Gasteiger partial charge is 0.344 e. The van der Waals surface area contributed by atoms with Gasteiger partial charge in [0.05, 0.1) is 13.0 Å². The van der Waals surface area contributed by atoms with Crippen LogP contribution in [-0.2, 0) is 27.2 Å². The van der Waals surface area contributed by atoms with Crippen LogP contribution in [-0.4, -0.2) is 40.8 Å². The number of nitrogens with zero attached hydrogens (tertiary/aromatic N) is 1. The molecule has 0 bridgehead atoms. The fourth-order valence-corrected chi connectivity index (χ4v) is 3.18. The summed E-state index contributed by atoms with van der Waals surface area (Å²) in [7, 11) is 0. The van der Waals surface area contributed by atoms with Crippen LogP contribution in [0.2, 0.25) is 0 Å². The number of imide groups is 1. The molecular formula is C22H24N4O4. The molecule has 5 amide bonds. The van der Waals surface area contributed by atoms with Gasteiger partial charge in [0.15, 0.2) is 0 Å². The number of hydrogen-bond acceptors (Lipinski definition) is 4. The minimum absolute atomic E-state index is 0.134. The van der Waals surface area contributed by atoms with Gasteiger partial charge in [-0.05, 0) is 30.9 Å². The fraction of sp³-hybridized carbons (Fsp3) is 0.273. The number of rotatable bonds is 8. The van der Waals surface area contributed by atoms with Crippen molar-refractivity contribution in [3.8, 4) is 0 Å². The number of urea groups is 1. The van der Waals surface area contributed by atoms with E-state index in [0.29, 0.717) is 17.9 Å². The van der Waals surface area contributed by atoms with Crippen molar-refractivity contribution >= 4 is 23.8 Å². The van der Waals surface area contributed by atoms with Crippen LogP contribution >= 0.6 is 0 Å². The predicted molar refractivity (Wildman–Crippen MR) is 110 cm³/mol. The van der Waals surface area contributed by atoms with E-state index in [-0.39, 0.29) is 18.9 Å². The van der Waals surface area contributed by atoms with Crippen molar-refractivity contribution in [1.29, 1.82) is 0 Å². The molecule has 0 saturated carbocycles. The fourth-order valence-electron chi connectivity index (χ4n) is 3.18. The third-order valence-corrected chi connectivity index (χ3v) is 4.91. The van der Waals surface area contributed by atoms with Crippen molar-refractivity contribution < 1.29 is 19.2 Å². The highest BCUT2D eigenvalue weighted by Crippen LogP contribution is 2.22. The maximum Gasteiger partial charge on any atom is 0.344 e. The largest absolute Gasteiger partial charge is 0.347 e. The van der Waals surface area contributed by atoms with E-state index >= 15 is 0 Å². The standard InChI is InChI=1S/C22H24N4O4/c1-22(13-12-16-8-4-2-5-9-16)20(29)26(21(30)24-22)25-19(28)15-23-18(27)14-17-10-6-3-7-11-17/h2-11H,12-15H2,1H3,(H,23,27)(H,24,30)(H,25,28). The Hall–Kier alpha value is -3.68. The second-order valence-electron chi connectivity index (χ2n) is 7.36. The molecule has 1 aliphatic rings. The van der Waals surface area contributed by atoms with Gasteiger partial charge in [0.1, 0.15) is 5.54 Å². The van der Waals surface area contributed by atoms with E-state index in [1.54, 1.807) is 6.92 Å². The molecule has 1 heterocycles. The average molecular weight is 408 g/mol. The summed E-state index contributed by atoms with van der Waals surface area (Å²) in [6.07, 6.45) is 1.12. The maximum absolute atomic E-state index is 12.7. The summed E-state index contributed by atoms with van der Waals surface area (Å²) in [4.78, 5) is 49.0. The number of carbonyl (C=O) groups is 4. The quantitative estimate of drug-likeness (QED) is 0.573. The van der Waals surface area contributed by atoms with Crippen LogP contribution in [0.15, 0.2) is 60.7 Å². The molecule has 3 N–H and O–H groups in total. The summed E-state index contributed by atoms with van der Waals surface area (Å²) in [5, 5.41) is 5.80. The lowest BCUT2D eigenvalue weighted by Gasteiger charge is -2.21. The lowest BCUT2D eigenvalue weighted by atomic mass is 9.93. The molecule has 0 spiro atoms. The van der Waals surface area contributed by atoms with Gasteiger partial charge in [-0.25, -0.2) is 4.79 Å². The number of hydrogen-bond donors (Lipinski definition) is 3. The molecule has 1 saturated heterocycles. The molecule has 30 heavy (non-hydrogen) atoms. The van der Waals surface area contributed by atoms with Crippen molar-refractivity contribution in [1.82, 2.24) is 21.1 Å². The van der Waals surface area contributed by atoms with Crippen molar-refractivity contribution in [2.24, 2.45) is 0 Å². The maximum atomic E-state index is 12.7. The lowest BCUT2D eigenvalue weighted by molar-refractivity contribution is -0.138. The molecule has 1 unspecified atom stereocenters. The third kappa shape index (κ3) is 5.22. The SMILES string of the molecule is CC1(CCc2ccccc2)NC(=O)N(NC(=O)CNC(=O)Cc2ccccc2)C1=O. The molecule has 8 nitrogen and oxygen atoms in total. The molecule has 0 aliphatic carbocycles. The first kappa shape index (κ1) is 21.0. The molecule has 2 aromatic rings. The van der Waals surface area contributed by atoms with Gasteiger partial charge >= 0.3 is 6.03 Å². The van der Waals surface area contributed by atoms with E-state index in [1.807, 2.05) is 60.7 Å². The number of carbonyl (C=O) groups excluding carboxylic acids is 4. The summed E-state index contributed by atoms with van der Waals surface area (Å²) >= 11 is 0. The lowest BCUT2D eigenvalue weighted by Crippen LogP contribution is -2.51. The number of benzene rings is 2. The topological polar surface area (TPSA) is 108 Å². The first-order chi connectivity index (χ1) is 14.4. The normalized spacial score (nSPS) is 18.1. The highest BCUT2D eigenvalue weighted by atomic mass is 16.2. The molecule has 0 aromatic heterocycles. The van der Waals surface area contributed by atoms with Crippen LogP contribution < -0.4 is 16.1 Å². The minimum atomic E-state index is -1.11. The third-order valence-electron chi connectivity index (χ3n) is 4.91. The van der Waals surface area contributed by atoms with E-state index in [0.717, 1.165) is 11.1 Å². The second-order valence-corrected chi connectivity index (χ2v) is 7.36. The minimum Gasteiger partial charge on any atom is -0.347 e. The summed E-state index contributed by atoms with van der Waals surface area (Å²) in [5.41, 5.74) is 3.02. The zero-order valence-electron chi connectivity index (χ0n) is 16.7. The highest BCUT2D eigenvalue weighted by molar-refractivity contribution is 6.07. The van der Waals surface area contributed by atoms with Crippen LogP contribution in [0.5, 0.6) is 0 Å². The number of amides is 5. The van der Waals surface area contributed by atoms with Crippen molar-refractivity contribution in [3.05, 3.63) is 71.8 Å². The Morgan fingerprint density at radius 1 is 0.933 bits per heavy atom. The Balaban J connectivity index is 1.49. The predicted octanol–water partition coefficient (Wildman–Crippen LogP) is 1.32. The van der Waals surface area contributed by atoms with Crippen LogP contribution in [0.1, 0.15) is 24.5 Å². The van der Waals surface area contributed by atoms with Crippen molar-refractivity contribution in [2.45, 2.75) is 31.7 Å². The Morgan fingerprint density at radius 3 is 2.17 bits per heavy atom. The van der Waals surface area contributed by atoms with Crippen LogP contribution in [0.25, 0.3) is 0 Å². The summed E-state index contributed by atoms with van der Waals surface area (Å²) < 4.78 is 0. The summed E-state index contributed by atoms with van der Waals surface area (Å²) in [6, 6.07) is 18.0. The average Bonchev–Trinajstić information content (AvgIpc) is 2.96. The summed E-state index contributed by atoms with van der Waals surface area (Å²) in [5.74, 6) is -1.53. The van der Waals surface area contributed by atoms with E-state index in [4.69, 9.17) is 0 Å². The van der Waals surface area contributed by atoms with Crippen molar-refractivity contribution in [3.63, 3.8) is 0 Å². The van der Waals surface area contributed by atoms with Gasteiger partial charge in [-0.15, -0.1) is 0 Å². The van der Waals surface area contributed by atoms with Gasteiger partial charge in [0.25, 0.3) is 11.8 Å². The van der Waals surface area contributed by atoms with Gasteiger partial charge in [0.2, 0.25) is 5.91 Å². The van der Waals surface area contributed by atoms with E-state index in [1.165, 1.54) is 0 Å². The molecule has 1 atom stereocenters. The van der Waals surface area contributed by atoms with E-state index < -0.39 is 23.4 Å². The molecule has 1 aliphatic heterocycles. The molecular weight excluding hydrogens is 384 g/mol. The Morgan fingerprint density at radius 2 is 1.53 bits per heavy atom. The van der Waals surface area contributed by atoms with Gasteiger partial charge in [-0.3, -0.25) is 19.8 Å². The van der Waals surface area contributed by atoms with Gasteiger partial charge < -0.3 is 10.6 Å². The monoisotopic (exact) mass is 408 g/mol. The zero-order chi connectivity index (χ0) is 21.6. The van der Waals surface area contributed by atoms with Gasteiger partial charge in [-0.2, -0.15) is 5.01 Å². The van der Waals surface area contributed by atoms with Gasteiger partial charge in [0, 0.05) is 0 Å². The molecule has 0 radical (unpaired) electrons. The van der Waals surface area contributed by atoms with Crippen LogP contribution in [0.3, 0.4) is 0 Å². The molecule has 2 aromatic carbocycles. The van der Waals surface area contributed by atoms with Crippen molar-refractivity contribution in [2.75, 3.05) is 6.54 Å². The molecule has 8 heteroatoms. The zero-order valence-corrected chi connectivity index (χ0v) is 16.7. The highest BCUT2D eigenvalue weighted by Gasteiger charge is 2.48. The second kappa shape index (κ2) is 9.21. The van der Waals surface area contributed by atoms with E-state index in [9.17, 15) is 19.2 Å². The Bertz CT molecular complexity index is 933. The number of nitrogens with one attached hydrogen (secondary N) is 3. The number of hydrazine groups is 1. The first-order valence-electron chi connectivity index (χ1n) is 9.68. The molecule has 156 valence electrons. The molecule has 1 fully saturated rings. The van der Waals surface area contributed by atoms with Crippen LogP contribution in [0.4, 0.5) is 4.79 Å².